The van der Waals surface area contributed by atoms with Crippen LogP contribution in [-0.4, -0.2) is 35.7 Å². The zero-order valence-corrected chi connectivity index (χ0v) is 13.9. The molecule has 1 saturated heterocycles. The van der Waals surface area contributed by atoms with Crippen LogP contribution in [0.25, 0.3) is 0 Å². The van der Waals surface area contributed by atoms with Crippen LogP contribution in [0.4, 0.5) is 0 Å². The molecule has 0 bridgehead atoms. The fourth-order valence-electron chi connectivity index (χ4n) is 2.77. The molecule has 0 spiro atoms. The van der Waals surface area contributed by atoms with Crippen molar-refractivity contribution in [3.05, 3.63) is 35.4 Å². The van der Waals surface area contributed by atoms with E-state index in [2.05, 4.69) is 19.1 Å². The lowest BCUT2D eigenvalue weighted by atomic mass is 9.92. The first-order valence-electron chi connectivity index (χ1n) is 7.83. The smallest absolute Gasteiger partial charge is 0.253 e. The lowest BCUT2D eigenvalue weighted by molar-refractivity contribution is 0.0661. The molecular weight excluding hydrogens is 280 g/mol. The van der Waals surface area contributed by atoms with Crippen molar-refractivity contribution in [2.24, 2.45) is 11.7 Å². The van der Waals surface area contributed by atoms with Gasteiger partial charge in [-0.2, -0.15) is 11.8 Å². The van der Waals surface area contributed by atoms with Gasteiger partial charge in [-0.15, -0.1) is 0 Å². The van der Waals surface area contributed by atoms with Gasteiger partial charge in [0, 0.05) is 30.4 Å². The monoisotopic (exact) mass is 306 g/mol. The van der Waals surface area contributed by atoms with E-state index >= 15 is 0 Å². The molecule has 1 aliphatic rings. The zero-order chi connectivity index (χ0) is 15.2. The van der Waals surface area contributed by atoms with Crippen molar-refractivity contribution in [1.82, 2.24) is 4.90 Å². The van der Waals surface area contributed by atoms with Crippen LogP contribution in [0, 0.1) is 5.92 Å². The molecule has 1 aromatic rings. The fourth-order valence-corrected chi connectivity index (χ4v) is 3.40. The van der Waals surface area contributed by atoms with Gasteiger partial charge >= 0.3 is 0 Å². The quantitative estimate of drug-likeness (QED) is 0.909. The average molecular weight is 306 g/mol. The molecule has 3 nitrogen and oxygen atoms in total. The summed E-state index contributed by atoms with van der Waals surface area (Å²) in [4.78, 5) is 14.5. The van der Waals surface area contributed by atoms with Crippen LogP contribution in [-0.2, 0) is 5.75 Å². The Morgan fingerprint density at radius 3 is 2.76 bits per heavy atom. The van der Waals surface area contributed by atoms with E-state index in [4.69, 9.17) is 5.73 Å². The first-order chi connectivity index (χ1) is 10.1. The van der Waals surface area contributed by atoms with Crippen LogP contribution in [0.15, 0.2) is 24.3 Å². The van der Waals surface area contributed by atoms with E-state index in [1.54, 1.807) is 0 Å². The molecular formula is C17H26N2OS. The summed E-state index contributed by atoms with van der Waals surface area (Å²) in [6.45, 7) is 5.85. The molecule has 2 N–H and O–H groups in total. The second-order valence-electron chi connectivity index (χ2n) is 5.85. The highest BCUT2D eigenvalue weighted by atomic mass is 32.2. The van der Waals surface area contributed by atoms with Crippen LogP contribution in [0.1, 0.15) is 42.6 Å². The molecule has 1 amide bonds. The van der Waals surface area contributed by atoms with E-state index in [9.17, 15) is 4.79 Å². The number of rotatable bonds is 5. The largest absolute Gasteiger partial charge is 0.338 e. The van der Waals surface area contributed by atoms with E-state index in [1.807, 2.05) is 35.7 Å². The molecule has 4 heteroatoms. The van der Waals surface area contributed by atoms with Gasteiger partial charge in [0.2, 0.25) is 0 Å². The third-order valence-electron chi connectivity index (χ3n) is 4.16. The van der Waals surface area contributed by atoms with Gasteiger partial charge < -0.3 is 10.6 Å². The van der Waals surface area contributed by atoms with Gasteiger partial charge in [0.15, 0.2) is 0 Å². The fraction of sp³-hybridized carbons (Fsp3) is 0.588. The standard InChI is InChI=1S/C17H26N2OS/c1-3-21-12-14-6-8-15(9-7-14)17(20)19-10-4-5-16(11-19)13(2)18/h6-9,13,16H,3-5,10-12,18H2,1-2H3. The maximum atomic E-state index is 12.6. The summed E-state index contributed by atoms with van der Waals surface area (Å²) in [6.07, 6.45) is 2.19. The van der Waals surface area contributed by atoms with Gasteiger partial charge in [-0.1, -0.05) is 19.1 Å². The highest BCUT2D eigenvalue weighted by Gasteiger charge is 2.26. The molecule has 21 heavy (non-hydrogen) atoms. The van der Waals surface area contributed by atoms with Crippen molar-refractivity contribution >= 4 is 17.7 Å². The predicted molar refractivity (Wildman–Crippen MR) is 90.6 cm³/mol. The number of carbonyl (C=O) groups is 1. The molecule has 2 unspecified atom stereocenters. The number of piperidine rings is 1. The first kappa shape index (κ1) is 16.4. The van der Waals surface area contributed by atoms with Crippen molar-refractivity contribution in [1.29, 1.82) is 0 Å². The summed E-state index contributed by atoms with van der Waals surface area (Å²) in [6, 6.07) is 8.23. The minimum absolute atomic E-state index is 0.148. The normalized spacial score (nSPS) is 20.3. The molecule has 2 rings (SSSR count). The van der Waals surface area contributed by atoms with Gasteiger partial charge in [0.1, 0.15) is 0 Å². The van der Waals surface area contributed by atoms with Gasteiger partial charge in [-0.05, 0) is 49.1 Å². The van der Waals surface area contributed by atoms with Crippen molar-refractivity contribution in [2.45, 2.75) is 38.5 Å². The maximum Gasteiger partial charge on any atom is 0.253 e. The molecule has 0 radical (unpaired) electrons. The summed E-state index contributed by atoms with van der Waals surface area (Å²) in [5.41, 5.74) is 8.07. The predicted octanol–water partition coefficient (Wildman–Crippen LogP) is 3.14. The zero-order valence-electron chi connectivity index (χ0n) is 13.0. The number of hydrogen-bond acceptors (Lipinski definition) is 3. The second kappa shape index (κ2) is 7.85. The Labute approximate surface area is 132 Å². The molecule has 1 heterocycles. The molecule has 0 aliphatic carbocycles. The first-order valence-corrected chi connectivity index (χ1v) is 8.98. The van der Waals surface area contributed by atoms with Crippen molar-refractivity contribution < 1.29 is 4.79 Å². The minimum Gasteiger partial charge on any atom is -0.338 e. The minimum atomic E-state index is 0.148. The number of likely N-dealkylation sites (tertiary alicyclic amines) is 1. The van der Waals surface area contributed by atoms with Crippen molar-refractivity contribution in [2.75, 3.05) is 18.8 Å². The Morgan fingerprint density at radius 1 is 1.43 bits per heavy atom. The van der Waals surface area contributed by atoms with Gasteiger partial charge in [0.05, 0.1) is 0 Å². The summed E-state index contributed by atoms with van der Waals surface area (Å²) in [5, 5.41) is 0. The van der Waals surface area contributed by atoms with Crippen molar-refractivity contribution in [3.8, 4) is 0 Å². The topological polar surface area (TPSA) is 46.3 Å². The van der Waals surface area contributed by atoms with Crippen LogP contribution >= 0.6 is 11.8 Å². The SMILES string of the molecule is CCSCc1ccc(C(=O)N2CCCC(C(C)N)C2)cc1. The van der Waals surface area contributed by atoms with Gasteiger partial charge in [-0.3, -0.25) is 4.79 Å². The molecule has 1 aliphatic heterocycles. The summed E-state index contributed by atoms with van der Waals surface area (Å²) in [7, 11) is 0. The Bertz CT molecular complexity index is 458. The third kappa shape index (κ3) is 4.48. The Morgan fingerprint density at radius 2 is 2.14 bits per heavy atom. The van der Waals surface area contributed by atoms with Crippen molar-refractivity contribution in [3.63, 3.8) is 0 Å². The van der Waals surface area contributed by atoms with E-state index < -0.39 is 0 Å². The van der Waals surface area contributed by atoms with E-state index in [0.29, 0.717) is 5.92 Å². The Hall–Kier alpha value is -1.00. The van der Waals surface area contributed by atoms with Crippen LogP contribution in [0.2, 0.25) is 0 Å². The number of benzene rings is 1. The van der Waals surface area contributed by atoms with E-state index in [1.165, 1.54) is 5.56 Å². The number of amides is 1. The van der Waals surface area contributed by atoms with Crippen LogP contribution in [0.5, 0.6) is 0 Å². The summed E-state index contributed by atoms with van der Waals surface area (Å²) >= 11 is 1.90. The number of nitrogens with two attached hydrogens (primary N) is 1. The second-order valence-corrected chi connectivity index (χ2v) is 7.12. The number of thioether (sulfide) groups is 1. The molecule has 2 atom stereocenters. The lowest BCUT2D eigenvalue weighted by Crippen LogP contribution is -2.45. The maximum absolute atomic E-state index is 12.6. The number of carbonyl (C=O) groups excluding carboxylic acids is 1. The third-order valence-corrected chi connectivity index (χ3v) is 5.11. The molecule has 116 valence electrons. The van der Waals surface area contributed by atoms with Gasteiger partial charge in [0.25, 0.3) is 5.91 Å². The Kier molecular flexibility index (Phi) is 6.12. The molecule has 0 saturated carbocycles. The molecule has 0 aromatic heterocycles. The van der Waals surface area contributed by atoms with E-state index in [0.717, 1.165) is 43.0 Å². The van der Waals surface area contributed by atoms with Crippen LogP contribution < -0.4 is 5.73 Å². The summed E-state index contributed by atoms with van der Waals surface area (Å²) in [5.74, 6) is 2.71. The van der Waals surface area contributed by atoms with E-state index in [-0.39, 0.29) is 11.9 Å². The van der Waals surface area contributed by atoms with Gasteiger partial charge in [-0.25, -0.2) is 0 Å². The number of hydrogen-bond donors (Lipinski definition) is 1. The number of nitrogens with zero attached hydrogens (tertiary/aromatic N) is 1. The molecule has 1 fully saturated rings. The summed E-state index contributed by atoms with van der Waals surface area (Å²) < 4.78 is 0. The van der Waals surface area contributed by atoms with Crippen LogP contribution in [0.3, 0.4) is 0 Å². The average Bonchev–Trinajstić information content (AvgIpc) is 2.53. The Balaban J connectivity index is 1.99. The molecule has 1 aromatic carbocycles. The highest BCUT2D eigenvalue weighted by Crippen LogP contribution is 2.21. The highest BCUT2D eigenvalue weighted by molar-refractivity contribution is 7.98. The lowest BCUT2D eigenvalue weighted by Gasteiger charge is -2.34.